The van der Waals surface area contributed by atoms with Crippen molar-refractivity contribution in [3.05, 3.63) is 57.9 Å². The highest BCUT2D eigenvalue weighted by Crippen LogP contribution is 2.15. The average molecular weight is 380 g/mol. The normalized spacial score (nSPS) is 21.6. The van der Waals surface area contributed by atoms with Gasteiger partial charge in [-0.1, -0.05) is 30.3 Å². The molecule has 2 aromatic rings. The van der Waals surface area contributed by atoms with Crippen LogP contribution >= 0.6 is 11.3 Å². The van der Waals surface area contributed by atoms with Crippen LogP contribution in [0.5, 0.6) is 0 Å². The van der Waals surface area contributed by atoms with Crippen LogP contribution < -0.4 is 4.72 Å². The fraction of sp³-hybridized carbons (Fsp3) is 0.353. The average Bonchev–Trinajstić information content (AvgIpc) is 3.14. The Morgan fingerprint density at radius 3 is 2.96 bits per heavy atom. The van der Waals surface area contributed by atoms with Gasteiger partial charge in [-0.3, -0.25) is 0 Å². The second-order valence-electron chi connectivity index (χ2n) is 5.68. The molecule has 6 nitrogen and oxygen atoms in total. The Balaban J connectivity index is 1.60. The molecule has 1 fully saturated rings. The molecule has 0 amide bonds. The molecule has 8 heteroatoms. The fourth-order valence-electron chi connectivity index (χ4n) is 2.49. The third-order valence-corrected chi connectivity index (χ3v) is 5.55. The molecule has 1 aromatic heterocycles. The minimum Gasteiger partial charge on any atom is -0.379 e. The van der Waals surface area contributed by atoms with E-state index < -0.39 is 10.0 Å². The molecule has 2 atom stereocenters. The lowest BCUT2D eigenvalue weighted by molar-refractivity contribution is -0.0717. The number of thiazole rings is 1. The number of rotatable bonds is 7. The van der Waals surface area contributed by atoms with E-state index in [9.17, 15) is 8.42 Å². The largest absolute Gasteiger partial charge is 0.379 e. The summed E-state index contributed by atoms with van der Waals surface area (Å²) >= 11 is 1.50. The maximum Gasteiger partial charge on any atom is 0.234 e. The van der Waals surface area contributed by atoms with Gasteiger partial charge >= 0.3 is 0 Å². The first-order chi connectivity index (χ1) is 12.1. The van der Waals surface area contributed by atoms with Gasteiger partial charge in [0.1, 0.15) is 0 Å². The number of aromatic nitrogens is 1. The quantitative estimate of drug-likeness (QED) is 0.798. The Morgan fingerprint density at radius 1 is 1.36 bits per heavy atom. The summed E-state index contributed by atoms with van der Waals surface area (Å²) in [7, 11) is -3.56. The molecular weight excluding hydrogens is 360 g/mol. The monoisotopic (exact) mass is 380 g/mol. The molecule has 0 radical (unpaired) electrons. The zero-order chi connectivity index (χ0) is 17.5. The third kappa shape index (κ3) is 5.72. The van der Waals surface area contributed by atoms with E-state index in [1.165, 1.54) is 16.7 Å². The summed E-state index contributed by atoms with van der Waals surface area (Å²) in [6.07, 6.45) is 1.81. The van der Waals surface area contributed by atoms with E-state index in [4.69, 9.17) is 9.47 Å². The molecule has 134 valence electrons. The summed E-state index contributed by atoms with van der Waals surface area (Å²) in [6, 6.07) is 8.98. The second-order valence-corrected chi connectivity index (χ2v) is 7.99. The van der Waals surface area contributed by atoms with Crippen molar-refractivity contribution in [1.29, 1.82) is 0 Å². The zero-order valence-corrected chi connectivity index (χ0v) is 15.2. The van der Waals surface area contributed by atoms with Gasteiger partial charge in [0.15, 0.2) is 0 Å². The number of nitrogens with one attached hydrogen (secondary N) is 1. The van der Waals surface area contributed by atoms with E-state index in [2.05, 4.69) is 9.71 Å². The fourth-order valence-corrected chi connectivity index (χ4v) is 4.14. The first-order valence-electron chi connectivity index (χ1n) is 7.94. The molecule has 1 aliphatic rings. The Bertz CT molecular complexity index is 776. The first kappa shape index (κ1) is 18.2. The molecule has 1 aromatic carbocycles. The molecule has 0 unspecified atom stereocenters. The topological polar surface area (TPSA) is 77.5 Å². The van der Waals surface area contributed by atoms with E-state index in [1.54, 1.807) is 11.6 Å². The molecular formula is C17H20N2O4S2. The third-order valence-electron chi connectivity index (χ3n) is 3.79. The van der Waals surface area contributed by atoms with Gasteiger partial charge in [0.25, 0.3) is 0 Å². The Kier molecular flexibility index (Phi) is 6.33. The summed E-state index contributed by atoms with van der Waals surface area (Å²) in [5.74, 6) is 0. The number of sulfonamides is 1. The molecule has 25 heavy (non-hydrogen) atoms. The van der Waals surface area contributed by atoms with Crippen molar-refractivity contribution >= 4 is 27.4 Å². The number of ether oxygens (including phenoxy) is 2. The molecule has 0 bridgehead atoms. The van der Waals surface area contributed by atoms with Crippen LogP contribution in [0.15, 0.2) is 46.6 Å². The maximum atomic E-state index is 12.3. The second kappa shape index (κ2) is 8.68. The first-order valence-corrected chi connectivity index (χ1v) is 10.4. The van der Waals surface area contributed by atoms with Gasteiger partial charge in [-0.2, -0.15) is 0 Å². The van der Waals surface area contributed by atoms with Crippen LogP contribution in [0.2, 0.25) is 0 Å². The summed E-state index contributed by atoms with van der Waals surface area (Å²) in [6.45, 7) is 1.21. The number of hydrogen-bond donors (Lipinski definition) is 1. The number of benzene rings is 1. The standard InChI is InChI=1S/C17H20N2O4S2/c20-25(21,9-7-14-4-2-1-3-5-14)19-16-6-8-22-11-17(16)23-10-15-12-24-13-18-15/h1-5,7,9,12-13,16-17,19H,6,8,10-11H2/t16-,17-/m1/s1. The van der Waals surface area contributed by atoms with E-state index in [0.29, 0.717) is 26.2 Å². The van der Waals surface area contributed by atoms with Gasteiger partial charge in [0.2, 0.25) is 10.0 Å². The van der Waals surface area contributed by atoms with Gasteiger partial charge in [-0.25, -0.2) is 18.1 Å². The molecule has 2 heterocycles. The Labute approximate surface area is 151 Å². The summed E-state index contributed by atoms with van der Waals surface area (Å²) in [5, 5.41) is 3.10. The minimum absolute atomic E-state index is 0.321. The van der Waals surface area contributed by atoms with Crippen molar-refractivity contribution in [2.24, 2.45) is 0 Å². The molecule has 1 aliphatic heterocycles. The van der Waals surface area contributed by atoms with Gasteiger partial charge in [-0.05, 0) is 18.1 Å². The van der Waals surface area contributed by atoms with E-state index >= 15 is 0 Å². The molecule has 0 spiro atoms. The van der Waals surface area contributed by atoms with Crippen LogP contribution in [0.4, 0.5) is 0 Å². The maximum absolute atomic E-state index is 12.3. The molecule has 0 aliphatic carbocycles. The lowest BCUT2D eigenvalue weighted by Crippen LogP contribution is -2.49. The number of hydrogen-bond acceptors (Lipinski definition) is 6. The Morgan fingerprint density at radius 2 is 2.20 bits per heavy atom. The predicted molar refractivity (Wildman–Crippen MR) is 97.4 cm³/mol. The minimum atomic E-state index is -3.56. The van der Waals surface area contributed by atoms with Crippen LogP contribution in [0.25, 0.3) is 6.08 Å². The highest BCUT2D eigenvalue weighted by molar-refractivity contribution is 7.92. The van der Waals surface area contributed by atoms with Gasteiger partial charge < -0.3 is 9.47 Å². The summed E-state index contributed by atoms with van der Waals surface area (Å²) < 4.78 is 38.6. The zero-order valence-electron chi connectivity index (χ0n) is 13.6. The molecule has 3 rings (SSSR count). The summed E-state index contributed by atoms with van der Waals surface area (Å²) in [5.41, 5.74) is 3.40. The van der Waals surface area contributed by atoms with Crippen LogP contribution in [0, 0.1) is 0 Å². The van der Waals surface area contributed by atoms with Gasteiger partial charge in [0, 0.05) is 17.4 Å². The van der Waals surface area contributed by atoms with Crippen molar-refractivity contribution in [3.8, 4) is 0 Å². The highest BCUT2D eigenvalue weighted by atomic mass is 32.2. The Hall–Kier alpha value is -1.58. The van der Waals surface area contributed by atoms with E-state index in [1.807, 2.05) is 35.7 Å². The SMILES string of the molecule is O=S(=O)(C=Cc1ccccc1)N[C@@H]1CCOC[C@H]1OCc1cscn1. The van der Waals surface area contributed by atoms with Crippen molar-refractivity contribution < 1.29 is 17.9 Å². The van der Waals surface area contributed by atoms with Crippen molar-refractivity contribution in [2.45, 2.75) is 25.2 Å². The highest BCUT2D eigenvalue weighted by Gasteiger charge is 2.29. The van der Waals surface area contributed by atoms with Crippen molar-refractivity contribution in [1.82, 2.24) is 9.71 Å². The lowest BCUT2D eigenvalue weighted by atomic mass is 10.1. The summed E-state index contributed by atoms with van der Waals surface area (Å²) in [4.78, 5) is 4.17. The predicted octanol–water partition coefficient (Wildman–Crippen LogP) is 2.41. The van der Waals surface area contributed by atoms with Gasteiger partial charge in [0.05, 0.1) is 36.6 Å². The lowest BCUT2D eigenvalue weighted by Gasteiger charge is -2.31. The van der Waals surface area contributed by atoms with Gasteiger partial charge in [-0.15, -0.1) is 11.3 Å². The molecule has 0 saturated carbocycles. The van der Waals surface area contributed by atoms with E-state index in [-0.39, 0.29) is 12.1 Å². The van der Waals surface area contributed by atoms with Crippen molar-refractivity contribution in [2.75, 3.05) is 13.2 Å². The van der Waals surface area contributed by atoms with Crippen LogP contribution in [-0.4, -0.2) is 38.8 Å². The molecule has 1 N–H and O–H groups in total. The molecule has 1 saturated heterocycles. The van der Waals surface area contributed by atoms with Crippen molar-refractivity contribution in [3.63, 3.8) is 0 Å². The van der Waals surface area contributed by atoms with E-state index in [0.717, 1.165) is 11.3 Å². The smallest absolute Gasteiger partial charge is 0.234 e. The number of nitrogens with zero attached hydrogens (tertiary/aromatic N) is 1. The van der Waals surface area contributed by atoms with Crippen LogP contribution in [0.3, 0.4) is 0 Å². The van der Waals surface area contributed by atoms with Crippen LogP contribution in [0.1, 0.15) is 17.7 Å². The van der Waals surface area contributed by atoms with Crippen LogP contribution in [-0.2, 0) is 26.1 Å².